The number of aliphatic hydroxyl groups is 1. The average molecular weight is 191 g/mol. The lowest BCUT2D eigenvalue weighted by Crippen LogP contribution is -2.21. The number of nitriles is 1. The smallest absolute Gasteiger partial charge is 0.148 e. The lowest BCUT2D eigenvalue weighted by molar-refractivity contribution is 0.110. The molecule has 1 unspecified atom stereocenters. The molecule has 0 aromatic heterocycles. The zero-order chi connectivity index (χ0) is 10.6. The molecule has 0 spiro atoms. The van der Waals surface area contributed by atoms with Gasteiger partial charge in [-0.15, -0.1) is 0 Å². The van der Waals surface area contributed by atoms with Gasteiger partial charge in [0.1, 0.15) is 11.4 Å². The lowest BCUT2D eigenvalue weighted by atomic mass is 9.98. The summed E-state index contributed by atoms with van der Waals surface area (Å²) in [6.07, 6.45) is 1.02. The Morgan fingerprint density at radius 2 is 1.93 bits per heavy atom. The van der Waals surface area contributed by atoms with Crippen molar-refractivity contribution in [2.75, 3.05) is 0 Å². The third-order valence-electron chi connectivity index (χ3n) is 2.08. The molecule has 0 bridgehead atoms. The largest absolute Gasteiger partial charge is 0.508 e. The van der Waals surface area contributed by atoms with E-state index in [4.69, 9.17) is 10.4 Å². The average Bonchev–Trinajstić information content (AvgIpc) is 2.17. The van der Waals surface area contributed by atoms with Crippen LogP contribution in [0.15, 0.2) is 24.3 Å². The maximum atomic E-state index is 9.43. The van der Waals surface area contributed by atoms with E-state index in [0.29, 0.717) is 12.8 Å². The van der Waals surface area contributed by atoms with E-state index in [1.165, 1.54) is 6.92 Å². The van der Waals surface area contributed by atoms with Crippen molar-refractivity contribution in [2.24, 2.45) is 0 Å². The molecular weight excluding hydrogens is 178 g/mol. The van der Waals surface area contributed by atoms with E-state index in [-0.39, 0.29) is 5.75 Å². The maximum Gasteiger partial charge on any atom is 0.148 e. The molecule has 1 rings (SSSR count). The van der Waals surface area contributed by atoms with Gasteiger partial charge in [-0.25, -0.2) is 0 Å². The first-order valence-corrected chi connectivity index (χ1v) is 4.45. The number of benzene rings is 1. The van der Waals surface area contributed by atoms with Gasteiger partial charge >= 0.3 is 0 Å². The lowest BCUT2D eigenvalue weighted by Gasteiger charge is -2.13. The van der Waals surface area contributed by atoms with Crippen LogP contribution in [0.25, 0.3) is 0 Å². The van der Waals surface area contributed by atoms with Gasteiger partial charge in [0.05, 0.1) is 6.07 Å². The summed E-state index contributed by atoms with van der Waals surface area (Å²) < 4.78 is 0. The number of aryl methyl sites for hydroxylation is 1. The summed E-state index contributed by atoms with van der Waals surface area (Å²) in [5.41, 5.74) is -0.268. The van der Waals surface area contributed by atoms with E-state index in [0.717, 1.165) is 5.56 Å². The maximum absolute atomic E-state index is 9.43. The number of rotatable bonds is 3. The summed E-state index contributed by atoms with van der Waals surface area (Å²) in [4.78, 5) is 0. The van der Waals surface area contributed by atoms with Crippen LogP contribution in [-0.4, -0.2) is 15.8 Å². The summed E-state index contributed by atoms with van der Waals surface area (Å²) in [6, 6.07) is 8.58. The van der Waals surface area contributed by atoms with Crippen LogP contribution >= 0.6 is 0 Å². The van der Waals surface area contributed by atoms with E-state index in [1.807, 2.05) is 6.07 Å². The molecule has 0 amide bonds. The van der Waals surface area contributed by atoms with Gasteiger partial charge in [0, 0.05) is 0 Å². The van der Waals surface area contributed by atoms with Crippen molar-refractivity contribution < 1.29 is 10.2 Å². The molecule has 74 valence electrons. The summed E-state index contributed by atoms with van der Waals surface area (Å²) in [5.74, 6) is 0.223. The van der Waals surface area contributed by atoms with E-state index in [2.05, 4.69) is 0 Å². The Morgan fingerprint density at radius 3 is 2.43 bits per heavy atom. The molecule has 14 heavy (non-hydrogen) atoms. The van der Waals surface area contributed by atoms with Crippen LogP contribution in [0.2, 0.25) is 0 Å². The molecule has 0 saturated carbocycles. The minimum atomic E-state index is -1.27. The van der Waals surface area contributed by atoms with Gasteiger partial charge < -0.3 is 10.2 Å². The van der Waals surface area contributed by atoms with E-state index >= 15 is 0 Å². The molecule has 0 radical (unpaired) electrons. The molecule has 0 fully saturated rings. The molecule has 2 N–H and O–H groups in total. The fraction of sp³-hybridized carbons (Fsp3) is 0.364. The second kappa shape index (κ2) is 4.12. The topological polar surface area (TPSA) is 64.2 Å². The van der Waals surface area contributed by atoms with E-state index < -0.39 is 5.60 Å². The second-order valence-corrected chi connectivity index (χ2v) is 3.55. The summed E-state index contributed by atoms with van der Waals surface area (Å²) in [5, 5.41) is 27.0. The van der Waals surface area contributed by atoms with Crippen LogP contribution in [0.5, 0.6) is 5.75 Å². The van der Waals surface area contributed by atoms with Crippen molar-refractivity contribution in [3.05, 3.63) is 29.8 Å². The predicted molar refractivity (Wildman–Crippen MR) is 52.7 cm³/mol. The van der Waals surface area contributed by atoms with Gasteiger partial charge in [0.2, 0.25) is 0 Å². The highest BCUT2D eigenvalue weighted by Crippen LogP contribution is 2.15. The van der Waals surface area contributed by atoms with Gasteiger partial charge in [-0.1, -0.05) is 12.1 Å². The van der Waals surface area contributed by atoms with Crippen molar-refractivity contribution >= 4 is 0 Å². The molecule has 1 aromatic carbocycles. The summed E-state index contributed by atoms with van der Waals surface area (Å²) >= 11 is 0. The Kier molecular flexibility index (Phi) is 3.10. The van der Waals surface area contributed by atoms with Crippen LogP contribution in [0.3, 0.4) is 0 Å². The minimum Gasteiger partial charge on any atom is -0.508 e. The Labute approximate surface area is 83.2 Å². The van der Waals surface area contributed by atoms with Crippen LogP contribution in [-0.2, 0) is 6.42 Å². The number of nitrogens with zero attached hydrogens (tertiary/aromatic N) is 1. The molecule has 0 aliphatic rings. The molecule has 0 saturated heterocycles. The van der Waals surface area contributed by atoms with Crippen molar-refractivity contribution in [2.45, 2.75) is 25.4 Å². The van der Waals surface area contributed by atoms with Crippen LogP contribution in [0.4, 0.5) is 0 Å². The normalized spacial score (nSPS) is 14.4. The first-order chi connectivity index (χ1) is 6.53. The molecule has 0 aliphatic carbocycles. The fourth-order valence-corrected chi connectivity index (χ4v) is 1.11. The third-order valence-corrected chi connectivity index (χ3v) is 2.08. The second-order valence-electron chi connectivity index (χ2n) is 3.55. The molecule has 0 aliphatic heterocycles. The number of hydrogen-bond donors (Lipinski definition) is 2. The Bertz CT molecular complexity index is 335. The fourth-order valence-electron chi connectivity index (χ4n) is 1.11. The van der Waals surface area contributed by atoms with Crippen molar-refractivity contribution in [1.29, 1.82) is 5.26 Å². The van der Waals surface area contributed by atoms with Gasteiger partial charge in [-0.2, -0.15) is 5.26 Å². The first-order valence-electron chi connectivity index (χ1n) is 4.45. The molecular formula is C11H13NO2. The summed E-state index contributed by atoms with van der Waals surface area (Å²) in [6.45, 7) is 1.49. The SMILES string of the molecule is CC(O)(C#N)CCc1ccc(O)cc1. The molecule has 3 heteroatoms. The molecule has 1 aromatic rings. The molecule has 1 atom stereocenters. The third kappa shape index (κ3) is 3.08. The number of phenolic OH excluding ortho intramolecular Hbond substituents is 1. The highest BCUT2D eigenvalue weighted by atomic mass is 16.3. The number of phenols is 1. The minimum absolute atomic E-state index is 0.223. The predicted octanol–water partition coefficient (Wildman–Crippen LogP) is 1.60. The monoisotopic (exact) mass is 191 g/mol. The van der Waals surface area contributed by atoms with Crippen molar-refractivity contribution in [3.63, 3.8) is 0 Å². The van der Waals surface area contributed by atoms with Gasteiger partial charge in [0.25, 0.3) is 0 Å². The van der Waals surface area contributed by atoms with Crippen molar-refractivity contribution in [1.82, 2.24) is 0 Å². The van der Waals surface area contributed by atoms with Crippen molar-refractivity contribution in [3.8, 4) is 11.8 Å². The van der Waals surface area contributed by atoms with Gasteiger partial charge in [-0.05, 0) is 37.5 Å². The molecule has 0 heterocycles. The standard InChI is InChI=1S/C11H13NO2/c1-11(14,8-12)7-6-9-2-4-10(13)5-3-9/h2-5,13-14H,6-7H2,1H3. The Balaban J connectivity index is 2.55. The van der Waals surface area contributed by atoms with Crippen LogP contribution in [0, 0.1) is 11.3 Å². The van der Waals surface area contributed by atoms with E-state index in [9.17, 15) is 5.11 Å². The van der Waals surface area contributed by atoms with Gasteiger partial charge in [-0.3, -0.25) is 0 Å². The highest BCUT2D eigenvalue weighted by Gasteiger charge is 2.18. The zero-order valence-electron chi connectivity index (χ0n) is 8.07. The van der Waals surface area contributed by atoms with Crippen LogP contribution in [0.1, 0.15) is 18.9 Å². The zero-order valence-corrected chi connectivity index (χ0v) is 8.07. The quantitative estimate of drug-likeness (QED) is 0.713. The highest BCUT2D eigenvalue weighted by molar-refractivity contribution is 5.26. The van der Waals surface area contributed by atoms with Gasteiger partial charge in [0.15, 0.2) is 0 Å². The molecule has 3 nitrogen and oxygen atoms in total. The van der Waals surface area contributed by atoms with Crippen LogP contribution < -0.4 is 0 Å². The Morgan fingerprint density at radius 1 is 1.36 bits per heavy atom. The number of aromatic hydroxyl groups is 1. The number of hydrogen-bond acceptors (Lipinski definition) is 3. The first kappa shape index (κ1) is 10.6. The summed E-state index contributed by atoms with van der Waals surface area (Å²) in [7, 11) is 0. The Hall–Kier alpha value is -1.53. The van der Waals surface area contributed by atoms with E-state index in [1.54, 1.807) is 24.3 Å².